The van der Waals surface area contributed by atoms with Gasteiger partial charge in [-0.15, -0.1) is 5.10 Å². The van der Waals surface area contributed by atoms with Crippen LogP contribution in [0, 0.1) is 11.3 Å². The Kier molecular flexibility index (Phi) is 2.33. The molecule has 5 nitrogen and oxygen atoms in total. The number of rotatable bonds is 2. The van der Waals surface area contributed by atoms with Crippen LogP contribution in [0.2, 0.25) is 0 Å². The predicted molar refractivity (Wildman–Crippen MR) is 41.8 cm³/mol. The summed E-state index contributed by atoms with van der Waals surface area (Å²) in [7, 11) is 0. The Bertz CT molecular complexity index is 286. The van der Waals surface area contributed by atoms with E-state index in [1.165, 1.54) is 16.4 Å². The molecule has 0 aliphatic rings. The van der Waals surface area contributed by atoms with Crippen LogP contribution >= 0.6 is 11.8 Å². The molecule has 0 amide bonds. The standard InChI is InChI=1S/C5H7N5S/c1-11-5-8-4(7)9-10(5)3-2-6/h3H2,1H3,(H2,7,9). The second-order valence-electron chi connectivity index (χ2n) is 1.77. The average Bonchev–Trinajstić information content (AvgIpc) is 2.32. The van der Waals surface area contributed by atoms with E-state index in [0.29, 0.717) is 5.16 Å². The number of hydrogen-bond donors (Lipinski definition) is 1. The number of nitrogen functional groups attached to an aromatic ring is 1. The Labute approximate surface area is 68.2 Å². The number of anilines is 1. The van der Waals surface area contributed by atoms with E-state index in [-0.39, 0.29) is 12.5 Å². The molecule has 0 fully saturated rings. The largest absolute Gasteiger partial charge is 0.366 e. The average molecular weight is 169 g/mol. The van der Waals surface area contributed by atoms with Crippen molar-refractivity contribution >= 4 is 17.7 Å². The van der Waals surface area contributed by atoms with Crippen molar-refractivity contribution < 1.29 is 0 Å². The quantitative estimate of drug-likeness (QED) is 0.635. The van der Waals surface area contributed by atoms with Crippen molar-refractivity contribution in [1.29, 1.82) is 5.26 Å². The second-order valence-corrected chi connectivity index (χ2v) is 2.55. The maximum absolute atomic E-state index is 8.36. The van der Waals surface area contributed by atoms with Gasteiger partial charge in [0.25, 0.3) is 0 Å². The summed E-state index contributed by atoms with van der Waals surface area (Å²) in [6, 6.07) is 1.96. The molecule has 0 unspecified atom stereocenters. The first-order valence-electron chi connectivity index (χ1n) is 2.89. The number of nitrogens with two attached hydrogens (primary N) is 1. The number of nitriles is 1. The SMILES string of the molecule is CSc1nc(N)nn1CC#N. The highest BCUT2D eigenvalue weighted by atomic mass is 32.2. The zero-order valence-electron chi connectivity index (χ0n) is 5.98. The van der Waals surface area contributed by atoms with Crippen molar-refractivity contribution in [2.24, 2.45) is 0 Å². The van der Waals surface area contributed by atoms with E-state index in [1.807, 2.05) is 12.3 Å². The third kappa shape index (κ3) is 1.62. The normalized spacial score (nSPS) is 9.45. The van der Waals surface area contributed by atoms with Crippen LogP contribution in [0.3, 0.4) is 0 Å². The van der Waals surface area contributed by atoms with Gasteiger partial charge >= 0.3 is 0 Å². The van der Waals surface area contributed by atoms with Crippen molar-refractivity contribution in [3.8, 4) is 6.07 Å². The molecule has 0 radical (unpaired) electrons. The van der Waals surface area contributed by atoms with E-state index < -0.39 is 0 Å². The summed E-state index contributed by atoms with van der Waals surface area (Å²) >= 11 is 1.41. The molecule has 1 rings (SSSR count). The van der Waals surface area contributed by atoms with Crippen LogP contribution in [0.25, 0.3) is 0 Å². The maximum Gasteiger partial charge on any atom is 0.240 e. The summed E-state index contributed by atoms with van der Waals surface area (Å²) in [5, 5.41) is 12.8. The Morgan fingerprint density at radius 1 is 1.82 bits per heavy atom. The van der Waals surface area contributed by atoms with Crippen molar-refractivity contribution in [2.75, 3.05) is 12.0 Å². The second kappa shape index (κ2) is 3.25. The van der Waals surface area contributed by atoms with Gasteiger partial charge in [0.15, 0.2) is 5.16 Å². The molecule has 6 heteroatoms. The molecule has 0 aliphatic heterocycles. The third-order valence-electron chi connectivity index (χ3n) is 1.06. The maximum atomic E-state index is 8.36. The van der Waals surface area contributed by atoms with E-state index in [0.717, 1.165) is 0 Å². The van der Waals surface area contributed by atoms with Gasteiger partial charge in [0.2, 0.25) is 5.95 Å². The van der Waals surface area contributed by atoms with Gasteiger partial charge in [-0.3, -0.25) is 0 Å². The Balaban J connectivity index is 2.94. The van der Waals surface area contributed by atoms with Crippen LogP contribution in [-0.4, -0.2) is 21.0 Å². The minimum Gasteiger partial charge on any atom is -0.366 e. The zero-order valence-corrected chi connectivity index (χ0v) is 6.80. The van der Waals surface area contributed by atoms with E-state index in [2.05, 4.69) is 10.1 Å². The molecule has 0 aliphatic carbocycles. The first-order valence-corrected chi connectivity index (χ1v) is 4.11. The lowest BCUT2D eigenvalue weighted by atomic mass is 10.7. The molecule has 2 N–H and O–H groups in total. The Hall–Kier alpha value is -1.22. The molecule has 0 spiro atoms. The fourth-order valence-corrected chi connectivity index (χ4v) is 1.17. The van der Waals surface area contributed by atoms with Gasteiger partial charge in [-0.05, 0) is 6.26 Å². The van der Waals surface area contributed by atoms with Crippen molar-refractivity contribution in [3.63, 3.8) is 0 Å². The molecule has 1 aromatic rings. The van der Waals surface area contributed by atoms with Gasteiger partial charge in [-0.1, -0.05) is 11.8 Å². The fraction of sp³-hybridized carbons (Fsp3) is 0.400. The third-order valence-corrected chi connectivity index (χ3v) is 1.72. The zero-order chi connectivity index (χ0) is 8.27. The lowest BCUT2D eigenvalue weighted by Crippen LogP contribution is -1.99. The van der Waals surface area contributed by atoms with Crippen LogP contribution in [0.5, 0.6) is 0 Å². The summed E-state index contributed by atoms with van der Waals surface area (Å²) in [5.74, 6) is 0.213. The molecule has 0 saturated heterocycles. The summed E-state index contributed by atoms with van der Waals surface area (Å²) in [4.78, 5) is 3.89. The van der Waals surface area contributed by atoms with E-state index in [4.69, 9.17) is 11.0 Å². The fourth-order valence-electron chi connectivity index (χ4n) is 0.666. The molecule has 1 aromatic heterocycles. The molecular weight excluding hydrogens is 162 g/mol. The van der Waals surface area contributed by atoms with Crippen LogP contribution in [0.1, 0.15) is 0 Å². The molecule has 58 valence electrons. The molecule has 0 atom stereocenters. The number of nitrogens with zero attached hydrogens (tertiary/aromatic N) is 4. The summed E-state index contributed by atoms with van der Waals surface area (Å²) in [6.45, 7) is 0.195. The van der Waals surface area contributed by atoms with Gasteiger partial charge in [-0.2, -0.15) is 10.2 Å². The molecule has 0 saturated carbocycles. The van der Waals surface area contributed by atoms with Gasteiger partial charge in [0, 0.05) is 0 Å². The molecule has 0 aromatic carbocycles. The predicted octanol–water partition coefficient (Wildman–Crippen LogP) is 0.106. The van der Waals surface area contributed by atoms with E-state index in [9.17, 15) is 0 Å². The van der Waals surface area contributed by atoms with Gasteiger partial charge < -0.3 is 5.73 Å². The minimum atomic E-state index is 0.195. The van der Waals surface area contributed by atoms with Crippen LogP contribution in [0.15, 0.2) is 5.16 Å². The van der Waals surface area contributed by atoms with Crippen LogP contribution in [-0.2, 0) is 6.54 Å². The molecular formula is C5H7N5S. The topological polar surface area (TPSA) is 80.5 Å². The molecule has 11 heavy (non-hydrogen) atoms. The number of thioether (sulfide) groups is 1. The lowest BCUT2D eigenvalue weighted by Gasteiger charge is -1.93. The minimum absolute atomic E-state index is 0.195. The van der Waals surface area contributed by atoms with E-state index in [1.54, 1.807) is 0 Å². The highest BCUT2D eigenvalue weighted by Crippen LogP contribution is 2.11. The lowest BCUT2D eigenvalue weighted by molar-refractivity contribution is 0.639. The van der Waals surface area contributed by atoms with Crippen LogP contribution < -0.4 is 5.73 Å². The summed E-state index contributed by atoms with van der Waals surface area (Å²) < 4.78 is 1.47. The van der Waals surface area contributed by atoms with Crippen molar-refractivity contribution in [1.82, 2.24) is 14.8 Å². The van der Waals surface area contributed by atoms with Crippen molar-refractivity contribution in [2.45, 2.75) is 11.7 Å². The first kappa shape index (κ1) is 7.88. The van der Waals surface area contributed by atoms with Crippen molar-refractivity contribution in [3.05, 3.63) is 0 Å². The van der Waals surface area contributed by atoms with Gasteiger partial charge in [0.05, 0.1) is 6.07 Å². The molecule has 1 heterocycles. The summed E-state index contributed by atoms with van der Waals surface area (Å²) in [5.41, 5.74) is 5.32. The Morgan fingerprint density at radius 2 is 2.55 bits per heavy atom. The summed E-state index contributed by atoms with van der Waals surface area (Å²) in [6.07, 6.45) is 1.86. The highest BCUT2D eigenvalue weighted by molar-refractivity contribution is 7.98. The highest BCUT2D eigenvalue weighted by Gasteiger charge is 2.04. The van der Waals surface area contributed by atoms with Crippen LogP contribution in [0.4, 0.5) is 5.95 Å². The van der Waals surface area contributed by atoms with E-state index >= 15 is 0 Å². The first-order chi connectivity index (χ1) is 5.27. The molecule has 0 bridgehead atoms. The smallest absolute Gasteiger partial charge is 0.240 e. The van der Waals surface area contributed by atoms with Gasteiger partial charge in [-0.25, -0.2) is 4.68 Å². The Morgan fingerprint density at radius 3 is 3.09 bits per heavy atom. The number of hydrogen-bond acceptors (Lipinski definition) is 5. The monoisotopic (exact) mass is 169 g/mol. The van der Waals surface area contributed by atoms with Gasteiger partial charge in [0.1, 0.15) is 6.54 Å². The number of aromatic nitrogens is 3.